The summed E-state index contributed by atoms with van der Waals surface area (Å²) in [5, 5.41) is 9.37. The van der Waals surface area contributed by atoms with Crippen LogP contribution in [-0.4, -0.2) is 45.5 Å². The maximum Gasteiger partial charge on any atom is 0.329 e. The number of halogens is 1. The average molecular weight is 560 g/mol. The van der Waals surface area contributed by atoms with Gasteiger partial charge in [-0.25, -0.2) is 14.8 Å². The number of carbonyl (C=O) groups is 1. The highest BCUT2D eigenvalue weighted by molar-refractivity contribution is 14.1. The van der Waals surface area contributed by atoms with Gasteiger partial charge in [0.15, 0.2) is 4.11 Å². The zero-order chi connectivity index (χ0) is 23.2. The minimum Gasteiger partial charge on any atom is -0.497 e. The first-order valence-electron chi connectivity index (χ1n) is 10.1. The first-order valence-corrected chi connectivity index (χ1v) is 11.4. The molecule has 9 heteroatoms. The molecule has 33 heavy (non-hydrogen) atoms. The van der Waals surface area contributed by atoms with Crippen LogP contribution in [0, 0.1) is 0 Å². The van der Waals surface area contributed by atoms with Crippen molar-refractivity contribution in [3.05, 3.63) is 60.9 Å². The first-order chi connectivity index (χ1) is 16.1. The fourth-order valence-corrected chi connectivity index (χ4v) is 3.83. The van der Waals surface area contributed by atoms with Gasteiger partial charge in [-0.2, -0.15) is 0 Å². The summed E-state index contributed by atoms with van der Waals surface area (Å²) in [6, 6.07) is 17.5. The molecule has 2 aromatic carbocycles. The molecule has 0 bridgehead atoms. The number of aromatic nitrogens is 2. The van der Waals surface area contributed by atoms with Gasteiger partial charge in [0.2, 0.25) is 11.6 Å². The van der Waals surface area contributed by atoms with Gasteiger partial charge in [0.25, 0.3) is 0 Å². The maximum absolute atomic E-state index is 10.6. The van der Waals surface area contributed by atoms with E-state index < -0.39 is 5.97 Å². The molecule has 1 N–H and O–H groups in total. The molecule has 8 nitrogen and oxygen atoms in total. The number of nitrogens with zero attached hydrogens (tertiary/aromatic N) is 2. The van der Waals surface area contributed by atoms with Crippen LogP contribution in [-0.2, 0) is 9.53 Å². The van der Waals surface area contributed by atoms with Crippen molar-refractivity contribution in [2.45, 2.75) is 10.5 Å². The Morgan fingerprint density at radius 2 is 1.85 bits per heavy atom. The Bertz CT molecular complexity index is 1230. The highest BCUT2D eigenvalue weighted by Crippen LogP contribution is 2.43. The number of benzene rings is 2. The molecule has 0 fully saturated rings. The third-order valence-corrected chi connectivity index (χ3v) is 5.70. The minimum absolute atomic E-state index is 0.250. The molecule has 0 aliphatic carbocycles. The lowest BCUT2D eigenvalue weighted by Gasteiger charge is -2.13. The molecule has 1 atom stereocenters. The van der Waals surface area contributed by atoms with Gasteiger partial charge >= 0.3 is 5.97 Å². The highest BCUT2D eigenvalue weighted by atomic mass is 127. The second kappa shape index (κ2) is 10.6. The van der Waals surface area contributed by atoms with Crippen molar-refractivity contribution in [3.63, 3.8) is 0 Å². The zero-order valence-corrected chi connectivity index (χ0v) is 19.9. The Balaban J connectivity index is 1.74. The van der Waals surface area contributed by atoms with Gasteiger partial charge in [-0.1, -0.05) is 42.5 Å². The number of ether oxygens (including phenoxy) is 3. The van der Waals surface area contributed by atoms with E-state index in [0.717, 1.165) is 22.4 Å². The van der Waals surface area contributed by atoms with Gasteiger partial charge in [-0.3, -0.25) is 0 Å². The van der Waals surface area contributed by atoms with E-state index in [1.165, 1.54) is 6.33 Å². The van der Waals surface area contributed by atoms with Crippen molar-refractivity contribution >= 4 is 39.7 Å². The normalized spacial score (nSPS) is 11.9. The van der Waals surface area contributed by atoms with E-state index in [1.54, 1.807) is 7.11 Å². The molecule has 2 heterocycles. The number of methoxy groups -OCH3 is 1. The molecule has 0 aliphatic rings. The van der Waals surface area contributed by atoms with Crippen LogP contribution < -0.4 is 9.47 Å². The molecule has 0 saturated carbocycles. The minimum atomic E-state index is -1.01. The lowest BCUT2D eigenvalue weighted by Crippen LogP contribution is -2.15. The number of fused-ring (bicyclic) bond motifs is 1. The number of aliphatic carboxylic acids is 1. The monoisotopic (exact) mass is 560 g/mol. The maximum atomic E-state index is 10.6. The van der Waals surface area contributed by atoms with Crippen LogP contribution in [0.2, 0.25) is 0 Å². The van der Waals surface area contributed by atoms with E-state index in [-0.39, 0.29) is 17.3 Å². The molecule has 170 valence electrons. The Labute approximate surface area is 203 Å². The van der Waals surface area contributed by atoms with E-state index >= 15 is 0 Å². The summed E-state index contributed by atoms with van der Waals surface area (Å²) in [5.74, 6) is 0.786. The van der Waals surface area contributed by atoms with Gasteiger partial charge in [-0.15, -0.1) is 0 Å². The molecule has 0 spiro atoms. The molecule has 0 aliphatic heterocycles. The van der Waals surface area contributed by atoms with Gasteiger partial charge in [0.1, 0.15) is 29.8 Å². The molecule has 0 unspecified atom stereocenters. The summed E-state index contributed by atoms with van der Waals surface area (Å²) in [6.45, 7) is -0.0922. The first kappa shape index (κ1) is 23.0. The van der Waals surface area contributed by atoms with E-state index in [0.29, 0.717) is 29.2 Å². The van der Waals surface area contributed by atoms with Crippen LogP contribution >= 0.6 is 22.6 Å². The van der Waals surface area contributed by atoms with Gasteiger partial charge in [-0.05, 0) is 40.3 Å². The molecule has 0 amide bonds. The van der Waals surface area contributed by atoms with Crippen LogP contribution in [0.3, 0.4) is 0 Å². The molecule has 4 aromatic rings. The summed E-state index contributed by atoms with van der Waals surface area (Å²) < 4.78 is 22.4. The van der Waals surface area contributed by atoms with Crippen molar-refractivity contribution in [3.8, 4) is 34.1 Å². The lowest BCUT2D eigenvalue weighted by molar-refractivity contribution is -0.142. The summed E-state index contributed by atoms with van der Waals surface area (Å²) in [4.78, 5) is 19.3. The van der Waals surface area contributed by atoms with Gasteiger partial charge < -0.3 is 23.7 Å². The molecule has 0 saturated heterocycles. The predicted octanol–water partition coefficient (Wildman–Crippen LogP) is 5.20. The SMILES string of the molecule is COc1ccc(-c2c(-c3ccccc3)oc3ncnc(O[C@H](I)CCOCC(=O)O)c23)cc1. The highest BCUT2D eigenvalue weighted by Gasteiger charge is 2.24. The topological polar surface area (TPSA) is 104 Å². The number of hydrogen-bond donors (Lipinski definition) is 1. The van der Waals surface area contributed by atoms with Crippen molar-refractivity contribution in [1.29, 1.82) is 0 Å². The van der Waals surface area contributed by atoms with Crippen LogP contribution in [0.15, 0.2) is 65.3 Å². The summed E-state index contributed by atoms with van der Waals surface area (Å²) >= 11 is 2.13. The standard InChI is InChI=1S/C24H21IN2O6/c1-30-17-9-7-15(8-10-17)20-21-23(32-18(25)11-12-31-13-19(28)29)26-14-27-24(21)33-22(20)16-5-3-2-4-6-16/h2-10,14,18H,11-13H2,1H3,(H,28,29)/t18-/m0/s1. The van der Waals surface area contributed by atoms with Crippen LogP contribution in [0.4, 0.5) is 0 Å². The second-order valence-electron chi connectivity index (χ2n) is 7.02. The van der Waals surface area contributed by atoms with E-state index in [4.69, 9.17) is 23.7 Å². The zero-order valence-electron chi connectivity index (χ0n) is 17.7. The van der Waals surface area contributed by atoms with Crippen LogP contribution in [0.1, 0.15) is 6.42 Å². The summed E-state index contributed by atoms with van der Waals surface area (Å²) in [7, 11) is 1.62. The van der Waals surface area contributed by atoms with E-state index in [1.807, 2.05) is 54.6 Å². The number of carboxylic acids is 1. The fourth-order valence-electron chi connectivity index (χ4n) is 3.34. The van der Waals surface area contributed by atoms with E-state index in [9.17, 15) is 4.79 Å². The van der Waals surface area contributed by atoms with Crippen molar-refractivity contribution in [1.82, 2.24) is 9.97 Å². The number of rotatable bonds is 10. The number of furan rings is 1. The summed E-state index contributed by atoms with van der Waals surface area (Å²) in [5.41, 5.74) is 3.04. The Morgan fingerprint density at radius 1 is 1.09 bits per heavy atom. The molecule has 2 aromatic heterocycles. The van der Waals surface area contributed by atoms with Crippen molar-refractivity contribution in [2.24, 2.45) is 0 Å². The fraction of sp³-hybridized carbons (Fsp3) is 0.208. The van der Waals surface area contributed by atoms with E-state index in [2.05, 4.69) is 32.6 Å². The molecule has 0 radical (unpaired) electrons. The molecule has 4 rings (SSSR count). The average Bonchev–Trinajstić information content (AvgIpc) is 3.23. The largest absolute Gasteiger partial charge is 0.497 e. The number of alkyl halides is 1. The Kier molecular flexibility index (Phi) is 7.40. The third kappa shape index (κ3) is 5.42. The molecular formula is C24H21IN2O6. The Hall–Kier alpha value is -3.18. The number of hydrogen-bond acceptors (Lipinski definition) is 7. The van der Waals surface area contributed by atoms with Crippen molar-refractivity contribution in [2.75, 3.05) is 20.3 Å². The second-order valence-corrected chi connectivity index (χ2v) is 8.41. The van der Waals surface area contributed by atoms with Gasteiger partial charge in [0.05, 0.1) is 13.7 Å². The smallest absolute Gasteiger partial charge is 0.329 e. The number of carboxylic acid groups (broad SMARTS) is 1. The quantitative estimate of drug-likeness (QED) is 0.161. The predicted molar refractivity (Wildman–Crippen MR) is 131 cm³/mol. The Morgan fingerprint density at radius 3 is 2.55 bits per heavy atom. The van der Waals surface area contributed by atoms with Crippen LogP contribution in [0.5, 0.6) is 11.6 Å². The molecular weight excluding hydrogens is 539 g/mol. The summed E-state index contributed by atoms with van der Waals surface area (Å²) in [6.07, 6.45) is 1.89. The van der Waals surface area contributed by atoms with Gasteiger partial charge in [0, 0.05) is 17.5 Å². The van der Waals surface area contributed by atoms with Crippen molar-refractivity contribution < 1.29 is 28.5 Å². The lowest BCUT2D eigenvalue weighted by atomic mass is 9.99. The van der Waals surface area contributed by atoms with Crippen LogP contribution in [0.25, 0.3) is 33.6 Å². The third-order valence-electron chi connectivity index (χ3n) is 4.82.